The van der Waals surface area contributed by atoms with E-state index < -0.39 is 0 Å². The lowest BCUT2D eigenvalue weighted by molar-refractivity contribution is -0.118. The number of methoxy groups -OCH3 is 1. The molecule has 5 heteroatoms. The zero-order chi connectivity index (χ0) is 12.7. The zero-order valence-corrected chi connectivity index (χ0v) is 10.6. The molecule has 0 aliphatic heterocycles. The van der Waals surface area contributed by atoms with Gasteiger partial charge in [0, 0.05) is 23.6 Å². The van der Waals surface area contributed by atoms with Crippen molar-refractivity contribution >= 4 is 17.5 Å². The minimum absolute atomic E-state index is 0.271. The molecule has 17 heavy (non-hydrogen) atoms. The molecule has 1 aromatic rings. The second kappa shape index (κ2) is 7.14. The summed E-state index contributed by atoms with van der Waals surface area (Å²) >= 11 is 5.91. The van der Waals surface area contributed by atoms with Crippen LogP contribution in [-0.2, 0) is 11.3 Å². The largest absolute Gasteiger partial charge is 0.496 e. The van der Waals surface area contributed by atoms with Crippen LogP contribution in [0.2, 0.25) is 5.02 Å². The summed E-state index contributed by atoms with van der Waals surface area (Å²) in [6.45, 7) is 1.39. The molecule has 0 bridgehead atoms. The van der Waals surface area contributed by atoms with Gasteiger partial charge in [-0.15, -0.1) is 0 Å². The van der Waals surface area contributed by atoms with E-state index in [0.717, 1.165) is 24.3 Å². The zero-order valence-electron chi connectivity index (χ0n) is 9.83. The third-order valence-corrected chi connectivity index (χ3v) is 2.57. The first-order valence-electron chi connectivity index (χ1n) is 5.45. The monoisotopic (exact) mass is 256 g/mol. The number of hydrogen-bond acceptors (Lipinski definition) is 3. The van der Waals surface area contributed by atoms with Crippen molar-refractivity contribution in [3.05, 3.63) is 28.8 Å². The molecule has 4 nitrogen and oxygen atoms in total. The maximum Gasteiger partial charge on any atom is 0.217 e. The van der Waals surface area contributed by atoms with E-state index in [1.54, 1.807) is 13.2 Å². The SMILES string of the molecule is COc1ccc(Cl)cc1CNCCCC(N)=O. The fraction of sp³-hybridized carbons (Fsp3) is 0.417. The van der Waals surface area contributed by atoms with Crippen molar-refractivity contribution in [3.63, 3.8) is 0 Å². The van der Waals surface area contributed by atoms with Crippen LogP contribution in [0, 0.1) is 0 Å². The predicted molar refractivity (Wildman–Crippen MR) is 68.1 cm³/mol. The first-order chi connectivity index (χ1) is 8.13. The van der Waals surface area contributed by atoms with Crippen LogP contribution in [0.5, 0.6) is 5.75 Å². The van der Waals surface area contributed by atoms with Crippen LogP contribution in [-0.4, -0.2) is 19.6 Å². The molecule has 0 saturated carbocycles. The van der Waals surface area contributed by atoms with E-state index in [1.165, 1.54) is 0 Å². The van der Waals surface area contributed by atoms with Gasteiger partial charge in [0.25, 0.3) is 0 Å². The van der Waals surface area contributed by atoms with Gasteiger partial charge < -0.3 is 15.8 Å². The topological polar surface area (TPSA) is 64.3 Å². The normalized spacial score (nSPS) is 10.2. The molecule has 0 radical (unpaired) electrons. The number of rotatable bonds is 7. The molecule has 0 aromatic heterocycles. The molecule has 0 aliphatic rings. The summed E-state index contributed by atoms with van der Waals surface area (Å²) in [5, 5.41) is 3.89. The number of hydrogen-bond donors (Lipinski definition) is 2. The lowest BCUT2D eigenvalue weighted by Gasteiger charge is -2.09. The Morgan fingerprint density at radius 3 is 2.94 bits per heavy atom. The van der Waals surface area contributed by atoms with Crippen molar-refractivity contribution in [1.82, 2.24) is 5.32 Å². The molecule has 3 N–H and O–H groups in total. The quantitative estimate of drug-likeness (QED) is 0.730. The van der Waals surface area contributed by atoms with Crippen LogP contribution in [0.1, 0.15) is 18.4 Å². The molecular formula is C12H17ClN2O2. The van der Waals surface area contributed by atoms with Crippen LogP contribution in [0.25, 0.3) is 0 Å². The average Bonchev–Trinajstić information content (AvgIpc) is 2.28. The first-order valence-corrected chi connectivity index (χ1v) is 5.82. The highest BCUT2D eigenvalue weighted by atomic mass is 35.5. The van der Waals surface area contributed by atoms with Crippen LogP contribution < -0.4 is 15.8 Å². The van der Waals surface area contributed by atoms with Crippen molar-refractivity contribution in [3.8, 4) is 5.75 Å². The maximum absolute atomic E-state index is 10.5. The van der Waals surface area contributed by atoms with E-state index in [1.807, 2.05) is 12.1 Å². The number of amides is 1. The Morgan fingerprint density at radius 1 is 1.53 bits per heavy atom. The summed E-state index contributed by atoms with van der Waals surface area (Å²) in [6, 6.07) is 5.49. The first kappa shape index (κ1) is 13.8. The van der Waals surface area contributed by atoms with Gasteiger partial charge in [-0.3, -0.25) is 4.79 Å². The van der Waals surface area contributed by atoms with Gasteiger partial charge in [-0.1, -0.05) is 11.6 Å². The van der Waals surface area contributed by atoms with Crippen molar-refractivity contribution in [2.24, 2.45) is 5.73 Å². The third kappa shape index (κ3) is 5.06. The maximum atomic E-state index is 10.5. The number of nitrogens with one attached hydrogen (secondary N) is 1. The minimum Gasteiger partial charge on any atom is -0.496 e. The third-order valence-electron chi connectivity index (χ3n) is 2.33. The Morgan fingerprint density at radius 2 is 2.29 bits per heavy atom. The number of ether oxygens (including phenoxy) is 1. The van der Waals surface area contributed by atoms with Crippen molar-refractivity contribution in [2.45, 2.75) is 19.4 Å². The Balaban J connectivity index is 2.40. The smallest absolute Gasteiger partial charge is 0.217 e. The molecule has 0 heterocycles. The molecule has 0 spiro atoms. The molecule has 1 amide bonds. The predicted octanol–water partition coefficient (Wildman–Crippen LogP) is 1.70. The van der Waals surface area contributed by atoms with Crippen molar-refractivity contribution < 1.29 is 9.53 Å². The van der Waals surface area contributed by atoms with Gasteiger partial charge in [0.1, 0.15) is 5.75 Å². The van der Waals surface area contributed by atoms with Crippen LogP contribution in [0.3, 0.4) is 0 Å². The van der Waals surface area contributed by atoms with E-state index in [0.29, 0.717) is 18.0 Å². The molecule has 94 valence electrons. The molecule has 0 saturated heterocycles. The Kier molecular flexibility index (Phi) is 5.80. The molecule has 1 rings (SSSR count). The fourth-order valence-electron chi connectivity index (χ4n) is 1.50. The molecule has 1 aromatic carbocycles. The second-order valence-electron chi connectivity index (χ2n) is 3.70. The van der Waals surface area contributed by atoms with Crippen LogP contribution >= 0.6 is 11.6 Å². The Bertz CT molecular complexity index is 383. The summed E-state index contributed by atoms with van der Waals surface area (Å²) in [5.41, 5.74) is 6.05. The lowest BCUT2D eigenvalue weighted by atomic mass is 10.2. The highest BCUT2D eigenvalue weighted by Crippen LogP contribution is 2.22. The Hall–Kier alpha value is -1.26. The highest BCUT2D eigenvalue weighted by Gasteiger charge is 2.03. The lowest BCUT2D eigenvalue weighted by Crippen LogP contribution is -2.18. The van der Waals surface area contributed by atoms with E-state index in [2.05, 4.69) is 5.32 Å². The molecule has 0 unspecified atom stereocenters. The van der Waals surface area contributed by atoms with Crippen LogP contribution in [0.15, 0.2) is 18.2 Å². The standard InChI is InChI=1S/C12H17ClN2O2/c1-17-11-5-4-10(13)7-9(11)8-15-6-2-3-12(14)16/h4-5,7,15H,2-3,6,8H2,1H3,(H2,14,16). The van der Waals surface area contributed by atoms with E-state index in [9.17, 15) is 4.79 Å². The summed E-state index contributed by atoms with van der Waals surface area (Å²) in [5.74, 6) is 0.531. The number of nitrogens with two attached hydrogens (primary N) is 1. The fourth-order valence-corrected chi connectivity index (χ4v) is 1.69. The van der Waals surface area contributed by atoms with E-state index in [4.69, 9.17) is 22.1 Å². The van der Waals surface area contributed by atoms with Gasteiger partial charge in [0.2, 0.25) is 5.91 Å². The molecular weight excluding hydrogens is 240 g/mol. The molecule has 0 aliphatic carbocycles. The van der Waals surface area contributed by atoms with Crippen molar-refractivity contribution in [1.29, 1.82) is 0 Å². The average molecular weight is 257 g/mol. The number of carbonyl (C=O) groups excluding carboxylic acids is 1. The van der Waals surface area contributed by atoms with Gasteiger partial charge in [0.05, 0.1) is 7.11 Å². The van der Waals surface area contributed by atoms with Gasteiger partial charge in [0.15, 0.2) is 0 Å². The highest BCUT2D eigenvalue weighted by molar-refractivity contribution is 6.30. The number of halogens is 1. The van der Waals surface area contributed by atoms with Gasteiger partial charge >= 0.3 is 0 Å². The number of benzene rings is 1. The van der Waals surface area contributed by atoms with E-state index >= 15 is 0 Å². The summed E-state index contributed by atoms with van der Waals surface area (Å²) < 4.78 is 5.22. The Labute approximate surface area is 106 Å². The molecule has 0 fully saturated rings. The van der Waals surface area contributed by atoms with E-state index in [-0.39, 0.29) is 5.91 Å². The van der Waals surface area contributed by atoms with Gasteiger partial charge in [-0.25, -0.2) is 0 Å². The minimum atomic E-state index is -0.271. The summed E-state index contributed by atoms with van der Waals surface area (Å²) in [6.07, 6.45) is 1.14. The number of primary amides is 1. The van der Waals surface area contributed by atoms with Crippen LogP contribution in [0.4, 0.5) is 0 Å². The van der Waals surface area contributed by atoms with Gasteiger partial charge in [-0.2, -0.15) is 0 Å². The molecule has 0 atom stereocenters. The summed E-state index contributed by atoms with van der Waals surface area (Å²) in [4.78, 5) is 10.5. The van der Waals surface area contributed by atoms with Gasteiger partial charge in [-0.05, 0) is 31.2 Å². The number of carbonyl (C=O) groups is 1. The second-order valence-corrected chi connectivity index (χ2v) is 4.14. The van der Waals surface area contributed by atoms with Crippen molar-refractivity contribution in [2.75, 3.05) is 13.7 Å². The summed E-state index contributed by atoms with van der Waals surface area (Å²) in [7, 11) is 1.62.